The van der Waals surface area contributed by atoms with Crippen molar-refractivity contribution in [2.75, 3.05) is 12.0 Å². The molecular formula is C26H37N5O10S. The smallest absolute Gasteiger partial charge is 0.326 e. The Bertz CT molecular complexity index is 1120. The second-order valence-electron chi connectivity index (χ2n) is 9.36. The fourth-order valence-corrected chi connectivity index (χ4v) is 4.06. The number of hydrogen-bond donors (Lipinski definition) is 8. The molecule has 9 N–H and O–H groups in total. The number of nitrogens with two attached hydrogens (primary N) is 1. The lowest BCUT2D eigenvalue weighted by Gasteiger charge is -2.24. The van der Waals surface area contributed by atoms with Gasteiger partial charge in [-0.1, -0.05) is 30.3 Å². The summed E-state index contributed by atoms with van der Waals surface area (Å²) in [6, 6.07) is 1.58. The number of carbonyl (C=O) groups is 7. The number of benzene rings is 1. The van der Waals surface area contributed by atoms with Crippen LogP contribution in [0.15, 0.2) is 30.3 Å². The largest absolute Gasteiger partial charge is 0.481 e. The summed E-state index contributed by atoms with van der Waals surface area (Å²) in [7, 11) is 0. The Morgan fingerprint density at radius 2 is 1.33 bits per heavy atom. The first-order valence-corrected chi connectivity index (χ1v) is 14.3. The quantitative estimate of drug-likeness (QED) is 0.0908. The number of hydrogen-bond acceptors (Lipinski definition) is 9. The van der Waals surface area contributed by atoms with Gasteiger partial charge in [-0.2, -0.15) is 11.8 Å². The lowest BCUT2D eigenvalue weighted by molar-refractivity contribution is -0.143. The summed E-state index contributed by atoms with van der Waals surface area (Å²) < 4.78 is 0. The Kier molecular flexibility index (Phi) is 15.6. The predicted octanol–water partition coefficient (Wildman–Crippen LogP) is -1.31. The van der Waals surface area contributed by atoms with Gasteiger partial charge in [-0.15, -0.1) is 0 Å². The molecule has 4 amide bonds. The highest BCUT2D eigenvalue weighted by atomic mass is 32.2. The first-order valence-electron chi connectivity index (χ1n) is 12.9. The highest BCUT2D eigenvalue weighted by molar-refractivity contribution is 7.98. The van der Waals surface area contributed by atoms with Crippen molar-refractivity contribution in [3.05, 3.63) is 35.9 Å². The molecule has 0 aliphatic heterocycles. The van der Waals surface area contributed by atoms with Crippen molar-refractivity contribution in [1.82, 2.24) is 21.3 Å². The number of carbonyl (C=O) groups excluding carboxylic acids is 4. The topological polar surface area (TPSA) is 254 Å². The van der Waals surface area contributed by atoms with E-state index in [0.717, 1.165) is 0 Å². The molecular weight excluding hydrogens is 574 g/mol. The molecule has 0 aromatic heterocycles. The SMILES string of the molecule is CSCC[C@H](N)C(=O)N[C@@H](CCC(=O)O)C(=O)N[C@@H](C)C(=O)N[C@@H](CC(=O)O)C(=O)N[C@@H](Cc1ccccc1)C(=O)O. The fourth-order valence-electron chi connectivity index (χ4n) is 3.57. The molecule has 1 aromatic carbocycles. The highest BCUT2D eigenvalue weighted by Gasteiger charge is 2.31. The Labute approximate surface area is 246 Å². The van der Waals surface area contributed by atoms with Crippen LogP contribution in [0.5, 0.6) is 0 Å². The van der Waals surface area contributed by atoms with Gasteiger partial charge in [0.2, 0.25) is 23.6 Å². The lowest BCUT2D eigenvalue weighted by atomic mass is 10.0. The van der Waals surface area contributed by atoms with Gasteiger partial charge in [0.1, 0.15) is 24.2 Å². The van der Waals surface area contributed by atoms with Gasteiger partial charge in [-0.25, -0.2) is 4.79 Å². The van der Waals surface area contributed by atoms with Gasteiger partial charge in [0, 0.05) is 12.8 Å². The van der Waals surface area contributed by atoms with Crippen LogP contribution in [0.4, 0.5) is 0 Å². The first kappa shape index (κ1) is 35.8. The summed E-state index contributed by atoms with van der Waals surface area (Å²) in [6.07, 6.45) is 0.347. The van der Waals surface area contributed by atoms with Gasteiger partial charge in [0.15, 0.2) is 0 Å². The van der Waals surface area contributed by atoms with E-state index in [4.69, 9.17) is 10.8 Å². The van der Waals surface area contributed by atoms with Crippen LogP contribution in [0.25, 0.3) is 0 Å². The summed E-state index contributed by atoms with van der Waals surface area (Å²) in [6.45, 7) is 1.22. The minimum absolute atomic E-state index is 0.105. The normalized spacial score (nSPS) is 14.3. The third-order valence-corrected chi connectivity index (χ3v) is 6.55. The number of thioether (sulfide) groups is 1. The van der Waals surface area contributed by atoms with Crippen molar-refractivity contribution in [1.29, 1.82) is 0 Å². The van der Waals surface area contributed by atoms with Crippen LogP contribution in [0.1, 0.15) is 38.2 Å². The highest BCUT2D eigenvalue weighted by Crippen LogP contribution is 2.06. The van der Waals surface area contributed by atoms with Crippen molar-refractivity contribution in [3.63, 3.8) is 0 Å². The summed E-state index contributed by atoms with van der Waals surface area (Å²) in [5.41, 5.74) is 6.41. The number of carboxylic acids is 3. The molecule has 0 radical (unpaired) electrons. The third kappa shape index (κ3) is 13.5. The van der Waals surface area contributed by atoms with Crippen molar-refractivity contribution in [2.24, 2.45) is 5.73 Å². The molecule has 0 saturated heterocycles. The zero-order chi connectivity index (χ0) is 31.8. The van der Waals surface area contributed by atoms with Crippen LogP contribution in [-0.2, 0) is 40.0 Å². The van der Waals surface area contributed by atoms with Gasteiger partial charge in [0.25, 0.3) is 0 Å². The van der Waals surface area contributed by atoms with Gasteiger partial charge < -0.3 is 42.3 Å². The van der Waals surface area contributed by atoms with Crippen LogP contribution < -0.4 is 27.0 Å². The van der Waals surface area contributed by atoms with E-state index in [-0.39, 0.29) is 12.8 Å². The van der Waals surface area contributed by atoms with Crippen molar-refractivity contribution < 1.29 is 48.9 Å². The summed E-state index contributed by atoms with van der Waals surface area (Å²) in [5, 5.41) is 36.9. The van der Waals surface area contributed by atoms with E-state index >= 15 is 0 Å². The van der Waals surface area contributed by atoms with E-state index < -0.39 is 84.6 Å². The molecule has 5 atom stereocenters. The number of rotatable bonds is 19. The van der Waals surface area contributed by atoms with E-state index in [1.165, 1.54) is 18.7 Å². The van der Waals surface area contributed by atoms with Crippen molar-refractivity contribution >= 4 is 53.3 Å². The molecule has 16 heteroatoms. The second kappa shape index (κ2) is 18.3. The molecule has 1 rings (SSSR count). The van der Waals surface area contributed by atoms with E-state index in [1.54, 1.807) is 30.3 Å². The zero-order valence-electron chi connectivity index (χ0n) is 23.2. The molecule has 15 nitrogen and oxygen atoms in total. The molecule has 0 unspecified atom stereocenters. The van der Waals surface area contributed by atoms with Gasteiger partial charge in [-0.05, 0) is 37.3 Å². The average Bonchev–Trinajstić information content (AvgIpc) is 2.92. The van der Waals surface area contributed by atoms with Crippen molar-refractivity contribution in [2.45, 2.75) is 69.2 Å². The molecule has 0 saturated carbocycles. The van der Waals surface area contributed by atoms with Gasteiger partial charge in [-0.3, -0.25) is 28.8 Å². The Hall–Kier alpha value is -4.18. The third-order valence-electron chi connectivity index (χ3n) is 5.91. The van der Waals surface area contributed by atoms with E-state index in [0.29, 0.717) is 17.7 Å². The number of nitrogens with one attached hydrogen (secondary N) is 4. The molecule has 0 aliphatic rings. The molecule has 0 aliphatic carbocycles. The van der Waals surface area contributed by atoms with E-state index in [2.05, 4.69) is 21.3 Å². The number of amides is 4. The zero-order valence-corrected chi connectivity index (χ0v) is 24.0. The molecule has 0 heterocycles. The molecule has 42 heavy (non-hydrogen) atoms. The minimum Gasteiger partial charge on any atom is -0.481 e. The molecule has 232 valence electrons. The maximum Gasteiger partial charge on any atom is 0.326 e. The molecule has 0 fully saturated rings. The summed E-state index contributed by atoms with van der Waals surface area (Å²) in [5.74, 6) is -7.15. The molecule has 0 bridgehead atoms. The summed E-state index contributed by atoms with van der Waals surface area (Å²) in [4.78, 5) is 85.0. The second-order valence-corrected chi connectivity index (χ2v) is 10.3. The Morgan fingerprint density at radius 1 is 0.762 bits per heavy atom. The van der Waals surface area contributed by atoms with Crippen molar-refractivity contribution in [3.8, 4) is 0 Å². The van der Waals surface area contributed by atoms with E-state index in [1.807, 2.05) is 6.26 Å². The number of carboxylic acid groups (broad SMARTS) is 3. The predicted molar refractivity (Wildman–Crippen MR) is 151 cm³/mol. The van der Waals surface area contributed by atoms with Crippen LogP contribution in [0, 0.1) is 0 Å². The maximum absolute atomic E-state index is 12.9. The van der Waals surface area contributed by atoms with E-state index in [9.17, 15) is 43.8 Å². The Balaban J connectivity index is 2.93. The monoisotopic (exact) mass is 611 g/mol. The fraction of sp³-hybridized carbons (Fsp3) is 0.500. The molecule has 1 aromatic rings. The number of aliphatic carboxylic acids is 3. The van der Waals surface area contributed by atoms with Gasteiger partial charge in [0.05, 0.1) is 12.5 Å². The van der Waals surface area contributed by atoms with Crippen LogP contribution >= 0.6 is 11.8 Å². The Morgan fingerprint density at radius 3 is 1.88 bits per heavy atom. The maximum atomic E-state index is 12.9. The lowest BCUT2D eigenvalue weighted by Crippen LogP contribution is -2.58. The van der Waals surface area contributed by atoms with Gasteiger partial charge >= 0.3 is 17.9 Å². The standard InChI is InChI=1S/C26H37N5O10S/c1-14(28-24(38)17(8-9-20(32)33)29-23(37)16(27)10-11-42-2)22(36)30-18(13-21(34)35)25(39)31-19(26(40)41)12-15-6-4-3-5-7-15/h3-7,14,16-19H,8-13,27H2,1-2H3,(H,28,38)(H,29,37)(H,30,36)(H,31,39)(H,32,33)(H,34,35)(H,40,41)/t14-,16-,17-,18-,19-/m0/s1. The van der Waals surface area contributed by atoms with Crippen LogP contribution in [0.3, 0.4) is 0 Å². The minimum atomic E-state index is -1.69. The van der Waals surface area contributed by atoms with Crippen LogP contribution in [-0.4, -0.2) is 99.1 Å². The average molecular weight is 612 g/mol. The summed E-state index contributed by atoms with van der Waals surface area (Å²) >= 11 is 1.46. The van der Waals surface area contributed by atoms with Crippen LogP contribution in [0.2, 0.25) is 0 Å². The first-order chi connectivity index (χ1) is 19.7. The molecule has 0 spiro atoms.